The summed E-state index contributed by atoms with van der Waals surface area (Å²) in [4.78, 5) is 18.4. The molecule has 1 fully saturated rings. The van der Waals surface area contributed by atoms with Crippen molar-refractivity contribution in [1.82, 2.24) is 15.5 Å². The second kappa shape index (κ2) is 12.6. The number of rotatable bonds is 8. The van der Waals surface area contributed by atoms with E-state index in [-0.39, 0.29) is 42.5 Å². The van der Waals surface area contributed by atoms with Gasteiger partial charge >= 0.3 is 0 Å². The maximum absolute atomic E-state index is 12.1. The van der Waals surface area contributed by atoms with Crippen LogP contribution in [0.15, 0.2) is 29.3 Å². The zero-order valence-corrected chi connectivity index (χ0v) is 18.7. The molecular weight excluding hydrogens is 459 g/mol. The number of likely N-dealkylation sites (tertiary alicyclic amines) is 1. The van der Waals surface area contributed by atoms with Crippen LogP contribution in [-0.2, 0) is 4.79 Å². The van der Waals surface area contributed by atoms with E-state index in [0.29, 0.717) is 12.5 Å². The molecule has 0 bridgehead atoms. The van der Waals surface area contributed by atoms with Gasteiger partial charge in [0.05, 0.1) is 13.7 Å². The first-order valence-electron chi connectivity index (χ1n) is 9.23. The van der Waals surface area contributed by atoms with Crippen molar-refractivity contribution in [3.05, 3.63) is 24.3 Å². The van der Waals surface area contributed by atoms with Gasteiger partial charge in [0, 0.05) is 25.7 Å². The van der Waals surface area contributed by atoms with Crippen LogP contribution in [0, 0.1) is 0 Å². The van der Waals surface area contributed by atoms with Gasteiger partial charge in [-0.1, -0.05) is 6.07 Å². The third-order valence-electron chi connectivity index (χ3n) is 4.11. The number of nitrogens with one attached hydrogen (secondary N) is 2. The van der Waals surface area contributed by atoms with E-state index in [1.807, 2.05) is 43.0 Å². The molecule has 1 atom stereocenters. The summed E-state index contributed by atoms with van der Waals surface area (Å²) in [6.45, 7) is 7.14. The Morgan fingerprint density at radius 1 is 1.26 bits per heavy atom. The highest BCUT2D eigenvalue weighted by atomic mass is 127. The van der Waals surface area contributed by atoms with Crippen molar-refractivity contribution in [3.63, 3.8) is 0 Å². The SMILES string of the molecule is CCNC(=NCC(=O)N1CCCC1)NCC(C)Oc1cccc(OC)c1.I. The first kappa shape index (κ1) is 23.3. The lowest BCUT2D eigenvalue weighted by Gasteiger charge is -2.18. The average molecular weight is 490 g/mol. The molecule has 0 saturated carbocycles. The van der Waals surface area contributed by atoms with E-state index in [4.69, 9.17) is 9.47 Å². The maximum Gasteiger partial charge on any atom is 0.244 e. The molecule has 1 saturated heterocycles. The van der Waals surface area contributed by atoms with Crippen LogP contribution in [0.3, 0.4) is 0 Å². The van der Waals surface area contributed by atoms with Crippen molar-refractivity contribution in [3.8, 4) is 11.5 Å². The van der Waals surface area contributed by atoms with Crippen LogP contribution in [-0.4, -0.2) is 62.7 Å². The van der Waals surface area contributed by atoms with Gasteiger partial charge in [0.1, 0.15) is 24.1 Å². The minimum atomic E-state index is -0.0692. The van der Waals surface area contributed by atoms with Crippen molar-refractivity contribution >= 4 is 35.8 Å². The van der Waals surface area contributed by atoms with E-state index < -0.39 is 0 Å². The number of amides is 1. The topological polar surface area (TPSA) is 75.2 Å². The molecule has 27 heavy (non-hydrogen) atoms. The number of hydrogen-bond acceptors (Lipinski definition) is 4. The van der Waals surface area contributed by atoms with Crippen molar-refractivity contribution < 1.29 is 14.3 Å². The molecule has 1 amide bonds. The van der Waals surface area contributed by atoms with Crippen molar-refractivity contribution in [2.24, 2.45) is 4.99 Å². The van der Waals surface area contributed by atoms with Crippen LogP contribution in [0.4, 0.5) is 0 Å². The second-order valence-corrected chi connectivity index (χ2v) is 6.27. The Balaban J connectivity index is 0.00000364. The number of carbonyl (C=O) groups is 1. The fourth-order valence-electron chi connectivity index (χ4n) is 2.74. The van der Waals surface area contributed by atoms with Crippen LogP contribution < -0.4 is 20.1 Å². The van der Waals surface area contributed by atoms with Gasteiger partial charge in [-0.05, 0) is 38.8 Å². The monoisotopic (exact) mass is 490 g/mol. The molecule has 0 spiro atoms. The molecule has 1 aliphatic rings. The van der Waals surface area contributed by atoms with E-state index >= 15 is 0 Å². The predicted octanol–water partition coefficient (Wildman–Crippen LogP) is 2.26. The number of hydrogen-bond donors (Lipinski definition) is 2. The molecule has 1 aromatic rings. The maximum atomic E-state index is 12.1. The molecule has 1 unspecified atom stereocenters. The summed E-state index contributed by atoms with van der Waals surface area (Å²) in [7, 11) is 1.63. The van der Waals surface area contributed by atoms with Gasteiger partial charge < -0.3 is 25.0 Å². The molecule has 0 aromatic heterocycles. The molecular formula is C19H31IN4O3. The first-order chi connectivity index (χ1) is 12.6. The number of aliphatic imine (C=N–C) groups is 1. The molecule has 2 rings (SSSR count). The Hall–Kier alpha value is -1.71. The van der Waals surface area contributed by atoms with Crippen molar-refractivity contribution in [2.75, 3.05) is 39.8 Å². The van der Waals surface area contributed by atoms with Crippen LogP contribution in [0.5, 0.6) is 11.5 Å². The molecule has 8 heteroatoms. The second-order valence-electron chi connectivity index (χ2n) is 6.27. The number of benzene rings is 1. The van der Waals surface area contributed by atoms with E-state index in [1.165, 1.54) is 0 Å². The van der Waals surface area contributed by atoms with Crippen LogP contribution >= 0.6 is 24.0 Å². The summed E-state index contributed by atoms with van der Waals surface area (Å²) in [5.74, 6) is 2.23. The third kappa shape index (κ3) is 8.23. The lowest BCUT2D eigenvalue weighted by atomic mass is 10.3. The number of guanidine groups is 1. The molecule has 7 nitrogen and oxygen atoms in total. The lowest BCUT2D eigenvalue weighted by Crippen LogP contribution is -2.42. The number of nitrogens with zero attached hydrogens (tertiary/aromatic N) is 2. The summed E-state index contributed by atoms with van der Waals surface area (Å²) < 4.78 is 11.1. The lowest BCUT2D eigenvalue weighted by molar-refractivity contribution is -0.128. The van der Waals surface area contributed by atoms with Gasteiger partial charge in [-0.2, -0.15) is 0 Å². The van der Waals surface area contributed by atoms with Crippen molar-refractivity contribution in [2.45, 2.75) is 32.8 Å². The molecule has 2 N–H and O–H groups in total. The van der Waals surface area contributed by atoms with Crippen LogP contribution in [0.2, 0.25) is 0 Å². The normalized spacial score (nSPS) is 14.9. The Kier molecular flexibility index (Phi) is 10.9. The van der Waals surface area contributed by atoms with E-state index in [2.05, 4.69) is 15.6 Å². The summed E-state index contributed by atoms with van der Waals surface area (Å²) >= 11 is 0. The van der Waals surface area contributed by atoms with E-state index in [9.17, 15) is 4.79 Å². The predicted molar refractivity (Wildman–Crippen MR) is 118 cm³/mol. The highest BCUT2D eigenvalue weighted by Gasteiger charge is 2.17. The smallest absolute Gasteiger partial charge is 0.244 e. The molecule has 1 heterocycles. The number of halogens is 1. The van der Waals surface area contributed by atoms with Gasteiger partial charge in [-0.3, -0.25) is 4.79 Å². The highest BCUT2D eigenvalue weighted by Crippen LogP contribution is 2.19. The quantitative estimate of drug-likeness (QED) is 0.332. The van der Waals surface area contributed by atoms with Crippen molar-refractivity contribution in [1.29, 1.82) is 0 Å². The molecule has 0 radical (unpaired) electrons. The standard InChI is InChI=1S/C19H30N4O3.HI/c1-4-20-19(22-14-18(24)23-10-5-6-11-23)21-13-15(2)26-17-9-7-8-16(12-17)25-3;/h7-9,12,15H,4-6,10-11,13-14H2,1-3H3,(H2,20,21,22);1H. The van der Waals surface area contributed by atoms with Gasteiger partial charge in [0.25, 0.3) is 0 Å². The fourth-order valence-corrected chi connectivity index (χ4v) is 2.74. The molecule has 1 aliphatic heterocycles. The zero-order chi connectivity index (χ0) is 18.8. The summed E-state index contributed by atoms with van der Waals surface area (Å²) in [6, 6.07) is 7.52. The summed E-state index contributed by atoms with van der Waals surface area (Å²) in [5.41, 5.74) is 0. The molecule has 0 aliphatic carbocycles. The largest absolute Gasteiger partial charge is 0.497 e. The van der Waals surface area contributed by atoms with Crippen LogP contribution in [0.1, 0.15) is 26.7 Å². The number of ether oxygens (including phenoxy) is 2. The van der Waals surface area contributed by atoms with Gasteiger partial charge in [-0.15, -0.1) is 24.0 Å². The zero-order valence-electron chi connectivity index (χ0n) is 16.4. The first-order valence-corrected chi connectivity index (χ1v) is 9.23. The molecule has 152 valence electrons. The Labute approximate surface area is 178 Å². The van der Waals surface area contributed by atoms with E-state index in [0.717, 1.165) is 44.0 Å². The average Bonchev–Trinajstić information content (AvgIpc) is 3.18. The summed E-state index contributed by atoms with van der Waals surface area (Å²) in [5, 5.41) is 6.39. The summed E-state index contributed by atoms with van der Waals surface area (Å²) in [6.07, 6.45) is 2.11. The van der Waals surface area contributed by atoms with Gasteiger partial charge in [0.2, 0.25) is 5.91 Å². The third-order valence-corrected chi connectivity index (χ3v) is 4.11. The Morgan fingerprint density at radius 2 is 1.96 bits per heavy atom. The molecule has 1 aromatic carbocycles. The minimum absolute atomic E-state index is 0. The van der Waals surface area contributed by atoms with Crippen LogP contribution in [0.25, 0.3) is 0 Å². The fraction of sp³-hybridized carbons (Fsp3) is 0.579. The van der Waals surface area contributed by atoms with E-state index in [1.54, 1.807) is 7.11 Å². The van der Waals surface area contributed by atoms with Gasteiger partial charge in [0.15, 0.2) is 5.96 Å². The Morgan fingerprint density at radius 3 is 2.63 bits per heavy atom. The number of methoxy groups -OCH3 is 1. The van der Waals surface area contributed by atoms with Gasteiger partial charge in [-0.25, -0.2) is 4.99 Å². The highest BCUT2D eigenvalue weighted by molar-refractivity contribution is 14.0. The Bertz CT molecular complexity index is 606. The minimum Gasteiger partial charge on any atom is -0.497 e. The number of carbonyl (C=O) groups excluding carboxylic acids is 1.